The fourth-order valence-corrected chi connectivity index (χ4v) is 3.84. The summed E-state index contributed by atoms with van der Waals surface area (Å²) in [5, 5.41) is 7.79. The SMILES string of the molecule is C=C(CC)CC/C=C(\C)CCC=C(C)C.CC(C)=CCC/C(C)=C/CCC1=CCCCC1.COCC(=O)O. The van der Waals surface area contributed by atoms with E-state index in [1.54, 1.807) is 11.1 Å². The van der Waals surface area contributed by atoms with Crippen LogP contribution >= 0.6 is 0 Å². The van der Waals surface area contributed by atoms with Crippen molar-refractivity contribution in [1.82, 2.24) is 0 Å². The second-order valence-electron chi connectivity index (χ2n) is 10.9. The van der Waals surface area contributed by atoms with Gasteiger partial charge in [-0.15, -0.1) is 0 Å². The van der Waals surface area contributed by atoms with Crippen molar-refractivity contribution in [2.75, 3.05) is 13.7 Å². The van der Waals surface area contributed by atoms with Gasteiger partial charge in [0, 0.05) is 7.11 Å². The molecule has 0 heterocycles. The number of carbonyl (C=O) groups is 1. The molecule has 0 aromatic rings. The molecule has 0 aromatic carbocycles. The number of carboxylic acid groups (broad SMARTS) is 1. The molecule has 1 N–H and O–H groups in total. The van der Waals surface area contributed by atoms with Crippen molar-refractivity contribution in [2.45, 2.75) is 132 Å². The van der Waals surface area contributed by atoms with E-state index in [2.05, 4.69) is 90.2 Å². The summed E-state index contributed by atoms with van der Waals surface area (Å²) >= 11 is 0. The summed E-state index contributed by atoms with van der Waals surface area (Å²) in [6.45, 7) is 19.1. The number of hydrogen-bond donors (Lipinski definition) is 1. The third kappa shape index (κ3) is 30.1. The van der Waals surface area contributed by atoms with E-state index in [1.807, 2.05) is 0 Å². The molecule has 0 saturated carbocycles. The number of hydrogen-bond acceptors (Lipinski definition) is 2. The van der Waals surface area contributed by atoms with Gasteiger partial charge in [0.05, 0.1) is 0 Å². The van der Waals surface area contributed by atoms with Crippen LogP contribution in [0.15, 0.2) is 70.4 Å². The Morgan fingerprint density at radius 2 is 1.39 bits per heavy atom. The van der Waals surface area contributed by atoms with Crippen molar-refractivity contribution >= 4 is 5.97 Å². The summed E-state index contributed by atoms with van der Waals surface area (Å²) in [5.74, 6) is -0.933. The van der Waals surface area contributed by atoms with Gasteiger partial charge in [-0.1, -0.05) is 77.3 Å². The van der Waals surface area contributed by atoms with Gasteiger partial charge >= 0.3 is 5.97 Å². The second kappa shape index (κ2) is 26.5. The Morgan fingerprint density at radius 1 is 0.868 bits per heavy atom. The third-order valence-corrected chi connectivity index (χ3v) is 6.28. The Hall–Kier alpha value is -2.13. The van der Waals surface area contributed by atoms with Crippen LogP contribution in [0.1, 0.15) is 132 Å². The highest BCUT2D eigenvalue weighted by molar-refractivity contribution is 5.67. The van der Waals surface area contributed by atoms with Crippen LogP contribution in [0.5, 0.6) is 0 Å². The Bertz CT molecular complexity index is 782. The molecule has 0 unspecified atom stereocenters. The van der Waals surface area contributed by atoms with E-state index in [9.17, 15) is 4.79 Å². The van der Waals surface area contributed by atoms with Gasteiger partial charge in [-0.3, -0.25) is 0 Å². The molecule has 218 valence electrons. The van der Waals surface area contributed by atoms with Crippen LogP contribution in [0.4, 0.5) is 0 Å². The summed E-state index contributed by atoms with van der Waals surface area (Å²) in [5.41, 5.74) is 8.98. The Morgan fingerprint density at radius 3 is 1.79 bits per heavy atom. The molecule has 0 radical (unpaired) electrons. The van der Waals surface area contributed by atoms with Crippen molar-refractivity contribution < 1.29 is 14.6 Å². The molecular formula is C35H60O3. The molecule has 1 aliphatic rings. The summed E-state index contributed by atoms with van der Waals surface area (Å²) in [6, 6.07) is 0. The highest BCUT2D eigenvalue weighted by Gasteiger charge is 2.02. The van der Waals surface area contributed by atoms with Crippen LogP contribution < -0.4 is 0 Å². The first-order valence-electron chi connectivity index (χ1n) is 14.6. The summed E-state index contributed by atoms with van der Waals surface area (Å²) in [6.07, 6.45) is 28.2. The zero-order chi connectivity index (χ0) is 29.2. The Kier molecular flexibility index (Phi) is 26.5. The van der Waals surface area contributed by atoms with E-state index < -0.39 is 5.97 Å². The molecule has 0 spiro atoms. The van der Waals surface area contributed by atoms with Crippen molar-refractivity contribution in [1.29, 1.82) is 0 Å². The quantitative estimate of drug-likeness (QED) is 0.215. The normalized spacial score (nSPS) is 13.2. The zero-order valence-electron chi connectivity index (χ0n) is 26.3. The zero-order valence-corrected chi connectivity index (χ0v) is 26.3. The van der Waals surface area contributed by atoms with Crippen molar-refractivity contribution in [3.05, 3.63) is 70.4 Å². The highest BCUT2D eigenvalue weighted by Crippen LogP contribution is 2.22. The molecule has 0 atom stereocenters. The van der Waals surface area contributed by atoms with Gasteiger partial charge in [0.25, 0.3) is 0 Å². The van der Waals surface area contributed by atoms with E-state index in [0.717, 1.165) is 19.3 Å². The van der Waals surface area contributed by atoms with E-state index in [1.165, 1.54) is 93.6 Å². The minimum absolute atomic E-state index is 0.208. The molecule has 1 aliphatic carbocycles. The smallest absolute Gasteiger partial charge is 0.329 e. The predicted molar refractivity (Wildman–Crippen MR) is 169 cm³/mol. The van der Waals surface area contributed by atoms with Crippen LogP contribution in [0, 0.1) is 0 Å². The third-order valence-electron chi connectivity index (χ3n) is 6.28. The molecule has 0 bridgehead atoms. The topological polar surface area (TPSA) is 46.5 Å². The maximum atomic E-state index is 9.47. The molecule has 0 fully saturated rings. The van der Waals surface area contributed by atoms with Gasteiger partial charge in [0.2, 0.25) is 0 Å². The highest BCUT2D eigenvalue weighted by atomic mass is 16.5. The van der Waals surface area contributed by atoms with Crippen LogP contribution in [-0.2, 0) is 9.53 Å². The molecule has 3 nitrogen and oxygen atoms in total. The van der Waals surface area contributed by atoms with Gasteiger partial charge in [-0.05, 0) is 125 Å². The largest absolute Gasteiger partial charge is 0.480 e. The summed E-state index contributed by atoms with van der Waals surface area (Å²) in [7, 11) is 1.34. The predicted octanol–water partition coefficient (Wildman–Crippen LogP) is 11.1. The van der Waals surface area contributed by atoms with Gasteiger partial charge in [0.15, 0.2) is 0 Å². The van der Waals surface area contributed by atoms with E-state index >= 15 is 0 Å². The first-order chi connectivity index (χ1) is 18.0. The average molecular weight is 529 g/mol. The standard InChI is InChI=1S/C17H28.C15H26.C3H6O3/c1-15(2)9-7-10-16(3)11-8-14-17-12-5-4-6-13-17;1-6-14(4)10-8-12-15(5)11-7-9-13(2)3;1-6-2-3(4)5/h9,11-12H,4-8,10,13-14H2,1-3H3;9,12H,4,6-8,10-11H2,1-3,5H3;2H2,1H3,(H,4,5)/b16-11+;15-12+;. The van der Waals surface area contributed by atoms with Gasteiger partial charge in [-0.25, -0.2) is 4.79 Å². The Labute approximate surface area is 236 Å². The molecule has 1 rings (SSSR count). The van der Waals surface area contributed by atoms with Gasteiger partial charge in [0.1, 0.15) is 6.61 Å². The number of carboxylic acids is 1. The summed E-state index contributed by atoms with van der Waals surface area (Å²) in [4.78, 5) is 9.47. The number of allylic oxidation sites excluding steroid dienone is 11. The van der Waals surface area contributed by atoms with Crippen LogP contribution in [0.3, 0.4) is 0 Å². The number of methoxy groups -OCH3 is 1. The lowest BCUT2D eigenvalue weighted by molar-refractivity contribution is -0.141. The molecule has 38 heavy (non-hydrogen) atoms. The van der Waals surface area contributed by atoms with Crippen LogP contribution in [0.25, 0.3) is 0 Å². The number of ether oxygens (including phenoxy) is 1. The monoisotopic (exact) mass is 528 g/mol. The van der Waals surface area contributed by atoms with E-state index in [-0.39, 0.29) is 6.61 Å². The first kappa shape index (κ1) is 38.0. The van der Waals surface area contributed by atoms with Gasteiger partial charge < -0.3 is 9.84 Å². The molecule has 0 saturated heterocycles. The maximum absolute atomic E-state index is 9.47. The minimum Gasteiger partial charge on any atom is -0.480 e. The lowest BCUT2D eigenvalue weighted by Crippen LogP contribution is -2.02. The average Bonchev–Trinajstić information content (AvgIpc) is 2.85. The first-order valence-corrected chi connectivity index (χ1v) is 14.6. The van der Waals surface area contributed by atoms with Crippen molar-refractivity contribution in [3.63, 3.8) is 0 Å². The van der Waals surface area contributed by atoms with Gasteiger partial charge in [-0.2, -0.15) is 0 Å². The number of aliphatic carboxylic acids is 1. The molecule has 0 amide bonds. The van der Waals surface area contributed by atoms with Crippen molar-refractivity contribution in [2.24, 2.45) is 0 Å². The fraction of sp³-hybridized carbons (Fsp3) is 0.629. The second-order valence-corrected chi connectivity index (χ2v) is 10.9. The van der Waals surface area contributed by atoms with Crippen molar-refractivity contribution in [3.8, 4) is 0 Å². The summed E-state index contributed by atoms with van der Waals surface area (Å²) < 4.78 is 4.20. The molecule has 0 aromatic heterocycles. The maximum Gasteiger partial charge on any atom is 0.329 e. The lowest BCUT2D eigenvalue weighted by atomic mass is 9.95. The molecule has 0 aliphatic heterocycles. The van der Waals surface area contributed by atoms with E-state index in [4.69, 9.17) is 5.11 Å². The fourth-order valence-electron chi connectivity index (χ4n) is 3.84. The van der Waals surface area contributed by atoms with E-state index in [0.29, 0.717) is 0 Å². The lowest BCUT2D eigenvalue weighted by Gasteiger charge is -2.11. The minimum atomic E-state index is -0.933. The number of rotatable bonds is 15. The molecule has 3 heteroatoms. The molecular weight excluding hydrogens is 468 g/mol. The Balaban J connectivity index is 0. The van der Waals surface area contributed by atoms with Crippen LogP contribution in [0.2, 0.25) is 0 Å². The van der Waals surface area contributed by atoms with Crippen LogP contribution in [-0.4, -0.2) is 24.8 Å².